The Bertz CT molecular complexity index is 1420. The van der Waals surface area contributed by atoms with E-state index < -0.39 is 0 Å². The minimum absolute atomic E-state index is 0.251. The lowest BCUT2D eigenvalue weighted by Crippen LogP contribution is -2.24. The van der Waals surface area contributed by atoms with Crippen molar-refractivity contribution in [1.29, 1.82) is 0 Å². The molecule has 168 valence electrons. The van der Waals surface area contributed by atoms with Crippen LogP contribution in [-0.4, -0.2) is 36.4 Å². The van der Waals surface area contributed by atoms with Crippen molar-refractivity contribution in [2.45, 2.75) is 18.1 Å². The fourth-order valence-corrected chi connectivity index (χ4v) is 4.35. The molecule has 10 heteroatoms. The van der Waals surface area contributed by atoms with E-state index in [1.807, 2.05) is 42.5 Å². The van der Waals surface area contributed by atoms with Gasteiger partial charge in [-0.05, 0) is 42.2 Å². The van der Waals surface area contributed by atoms with Crippen molar-refractivity contribution in [2.75, 3.05) is 11.1 Å². The predicted molar refractivity (Wildman–Crippen MR) is 133 cm³/mol. The van der Waals surface area contributed by atoms with Gasteiger partial charge in [-0.15, -0.1) is 22.9 Å². The summed E-state index contributed by atoms with van der Waals surface area (Å²) in [5.74, 6) is 7.12. The van der Waals surface area contributed by atoms with Gasteiger partial charge in [-0.2, -0.15) is 0 Å². The third-order valence-corrected chi connectivity index (χ3v) is 6.18. The molecule has 0 radical (unpaired) electrons. The van der Waals surface area contributed by atoms with Crippen LogP contribution in [0.4, 0.5) is 11.6 Å². The summed E-state index contributed by atoms with van der Waals surface area (Å²) in [5, 5.41) is 3.87. The van der Waals surface area contributed by atoms with E-state index in [0.29, 0.717) is 23.9 Å². The zero-order valence-corrected chi connectivity index (χ0v) is 19.3. The SMILES string of the molecule is Nc1cnc(C#Cc2cc3c(NC4=CC(Cl)C(OCc5ccccn5)C=C4)ncnc3s2)cn1. The first-order valence-corrected chi connectivity index (χ1v) is 11.6. The second-order valence-corrected chi connectivity index (χ2v) is 8.81. The molecule has 4 aromatic heterocycles. The Morgan fingerprint density at radius 3 is 2.85 bits per heavy atom. The van der Waals surface area contributed by atoms with Crippen LogP contribution in [0.2, 0.25) is 0 Å². The maximum atomic E-state index is 6.56. The topological polar surface area (TPSA) is 112 Å². The summed E-state index contributed by atoms with van der Waals surface area (Å²) in [4.78, 5) is 22.9. The predicted octanol–water partition coefficient (Wildman–Crippen LogP) is 3.92. The van der Waals surface area contributed by atoms with E-state index >= 15 is 0 Å². The first kappa shape index (κ1) is 22.0. The molecule has 3 N–H and O–H groups in total. The van der Waals surface area contributed by atoms with Gasteiger partial charge in [-0.1, -0.05) is 12.1 Å². The molecule has 1 aliphatic rings. The molecule has 0 spiro atoms. The van der Waals surface area contributed by atoms with Crippen molar-refractivity contribution in [1.82, 2.24) is 24.9 Å². The fourth-order valence-electron chi connectivity index (χ4n) is 3.20. The van der Waals surface area contributed by atoms with E-state index in [9.17, 15) is 0 Å². The molecule has 4 heterocycles. The first-order chi connectivity index (χ1) is 16.6. The number of nitrogens with one attached hydrogen (secondary N) is 1. The number of halogens is 1. The second kappa shape index (κ2) is 9.97. The first-order valence-electron chi connectivity index (χ1n) is 10.3. The fraction of sp³-hybridized carbons (Fsp3) is 0.125. The van der Waals surface area contributed by atoms with Crippen LogP contribution in [0.15, 0.2) is 73.1 Å². The Morgan fingerprint density at radius 2 is 2.06 bits per heavy atom. The van der Waals surface area contributed by atoms with Crippen LogP contribution in [0.3, 0.4) is 0 Å². The van der Waals surface area contributed by atoms with Gasteiger partial charge < -0.3 is 15.8 Å². The third kappa shape index (κ3) is 5.21. The molecule has 4 aromatic rings. The smallest absolute Gasteiger partial charge is 0.142 e. The third-order valence-electron chi connectivity index (χ3n) is 4.85. The van der Waals surface area contributed by atoms with Crippen LogP contribution in [-0.2, 0) is 11.3 Å². The van der Waals surface area contributed by atoms with Gasteiger partial charge in [0.2, 0.25) is 0 Å². The number of pyridine rings is 1. The number of hydrogen-bond acceptors (Lipinski definition) is 9. The van der Waals surface area contributed by atoms with Crippen molar-refractivity contribution in [2.24, 2.45) is 0 Å². The van der Waals surface area contributed by atoms with Crippen molar-refractivity contribution < 1.29 is 4.74 Å². The van der Waals surface area contributed by atoms with E-state index in [1.165, 1.54) is 23.9 Å². The normalized spacial score (nSPS) is 17.1. The quantitative estimate of drug-likeness (QED) is 0.322. The second-order valence-electron chi connectivity index (χ2n) is 7.28. The molecule has 0 saturated heterocycles. The summed E-state index contributed by atoms with van der Waals surface area (Å²) in [6.07, 6.45) is 11.8. The van der Waals surface area contributed by atoms with E-state index in [4.69, 9.17) is 22.1 Å². The zero-order valence-electron chi connectivity index (χ0n) is 17.7. The van der Waals surface area contributed by atoms with Crippen LogP contribution in [0.1, 0.15) is 16.3 Å². The number of thiophene rings is 1. The number of alkyl halides is 1. The summed E-state index contributed by atoms with van der Waals surface area (Å²) in [6, 6.07) is 7.67. The molecule has 0 bridgehead atoms. The molecule has 0 aliphatic heterocycles. The molecule has 2 unspecified atom stereocenters. The van der Waals surface area contributed by atoms with Crippen LogP contribution < -0.4 is 11.1 Å². The largest absolute Gasteiger partial charge is 0.382 e. The summed E-state index contributed by atoms with van der Waals surface area (Å²) in [5.41, 5.74) is 7.79. The number of aromatic nitrogens is 5. The molecule has 0 aromatic carbocycles. The number of anilines is 2. The highest BCUT2D eigenvalue weighted by atomic mass is 35.5. The molecule has 0 saturated carbocycles. The molecular weight excluding hydrogens is 470 g/mol. The zero-order chi connectivity index (χ0) is 23.3. The molecule has 0 fully saturated rings. The highest BCUT2D eigenvalue weighted by Gasteiger charge is 2.20. The minimum atomic E-state index is -0.335. The minimum Gasteiger partial charge on any atom is -0.382 e. The van der Waals surface area contributed by atoms with Crippen LogP contribution >= 0.6 is 22.9 Å². The standard InChI is InChI=1S/C24H18ClN7OS/c25-20-9-15(5-7-21(20)33-13-17-3-1-2-8-27-17)32-23-19-10-18(34-24(19)31-14-30-23)6-4-16-11-29-22(26)12-28-16/h1-3,5,7-12,14,20-21H,13H2,(H2,26,29)(H,30,31,32). The number of nitrogen functional groups attached to an aromatic ring is 1. The van der Waals surface area contributed by atoms with E-state index in [-0.39, 0.29) is 11.5 Å². The highest BCUT2D eigenvalue weighted by Crippen LogP contribution is 2.29. The number of nitrogens with two attached hydrogens (primary N) is 1. The number of ether oxygens (including phenoxy) is 1. The van der Waals surface area contributed by atoms with E-state index in [0.717, 1.165) is 26.5 Å². The van der Waals surface area contributed by atoms with Gasteiger partial charge in [0, 0.05) is 11.9 Å². The van der Waals surface area contributed by atoms with Crippen LogP contribution in [0.5, 0.6) is 0 Å². The molecule has 2 atom stereocenters. The molecule has 8 nitrogen and oxygen atoms in total. The van der Waals surface area contributed by atoms with Gasteiger partial charge in [0.15, 0.2) is 0 Å². The van der Waals surface area contributed by atoms with E-state index in [1.54, 1.807) is 12.4 Å². The van der Waals surface area contributed by atoms with Gasteiger partial charge in [-0.25, -0.2) is 19.9 Å². The van der Waals surface area contributed by atoms with Crippen LogP contribution in [0, 0.1) is 11.8 Å². The average Bonchev–Trinajstić information content (AvgIpc) is 3.28. The van der Waals surface area contributed by atoms with Gasteiger partial charge in [0.1, 0.15) is 28.5 Å². The van der Waals surface area contributed by atoms with Gasteiger partial charge in [-0.3, -0.25) is 4.98 Å². The maximum Gasteiger partial charge on any atom is 0.142 e. The maximum absolute atomic E-state index is 6.56. The summed E-state index contributed by atoms with van der Waals surface area (Å²) in [6.45, 7) is 0.392. The highest BCUT2D eigenvalue weighted by molar-refractivity contribution is 7.19. The number of hydrogen-bond donors (Lipinski definition) is 2. The Kier molecular flexibility index (Phi) is 6.44. The lowest BCUT2D eigenvalue weighted by molar-refractivity contribution is 0.0729. The Balaban J connectivity index is 1.28. The van der Waals surface area contributed by atoms with Gasteiger partial charge in [0.05, 0.1) is 46.4 Å². The van der Waals surface area contributed by atoms with Crippen molar-refractivity contribution in [3.63, 3.8) is 0 Å². The monoisotopic (exact) mass is 487 g/mol. The molecular formula is C24H18ClN7OS. The number of fused-ring (bicyclic) bond motifs is 1. The molecule has 34 heavy (non-hydrogen) atoms. The molecule has 1 aliphatic carbocycles. The van der Waals surface area contributed by atoms with Gasteiger partial charge in [0.25, 0.3) is 0 Å². The molecule has 5 rings (SSSR count). The van der Waals surface area contributed by atoms with Gasteiger partial charge >= 0.3 is 0 Å². The van der Waals surface area contributed by atoms with Crippen molar-refractivity contribution in [3.05, 3.63) is 89.4 Å². The lowest BCUT2D eigenvalue weighted by atomic mass is 10.1. The van der Waals surface area contributed by atoms with Crippen LogP contribution in [0.25, 0.3) is 10.2 Å². The number of rotatable bonds is 5. The summed E-state index contributed by atoms with van der Waals surface area (Å²) >= 11 is 8.03. The number of nitrogens with zero attached hydrogens (tertiary/aromatic N) is 5. The average molecular weight is 488 g/mol. The van der Waals surface area contributed by atoms with E-state index in [2.05, 4.69) is 42.1 Å². The number of allylic oxidation sites excluding steroid dienone is 1. The lowest BCUT2D eigenvalue weighted by Gasteiger charge is -2.22. The Morgan fingerprint density at radius 1 is 1.12 bits per heavy atom. The van der Waals surface area contributed by atoms with Crippen molar-refractivity contribution in [3.8, 4) is 11.8 Å². The Hall–Kier alpha value is -3.84. The van der Waals surface area contributed by atoms with Crippen molar-refractivity contribution >= 4 is 44.8 Å². The molecule has 0 amide bonds. The Labute approximate surface area is 204 Å². The summed E-state index contributed by atoms with van der Waals surface area (Å²) < 4.78 is 5.91. The summed E-state index contributed by atoms with van der Waals surface area (Å²) in [7, 11) is 0.